The van der Waals surface area contributed by atoms with Crippen molar-refractivity contribution in [2.75, 3.05) is 20.3 Å². The van der Waals surface area contributed by atoms with Crippen molar-refractivity contribution < 1.29 is 13.9 Å². The number of ether oxygens (including phenoxy) is 2. The van der Waals surface area contributed by atoms with Crippen LogP contribution in [0.15, 0.2) is 22.6 Å². The van der Waals surface area contributed by atoms with E-state index in [-0.39, 0.29) is 6.04 Å². The van der Waals surface area contributed by atoms with Gasteiger partial charge in [0.1, 0.15) is 24.7 Å². The Hall–Kier alpha value is -1.65. The number of fused-ring (bicyclic) bond motifs is 1. The average Bonchev–Trinajstić information content (AvgIpc) is 2.79. The highest BCUT2D eigenvalue weighted by molar-refractivity contribution is 6.31. The van der Waals surface area contributed by atoms with Crippen LogP contribution in [-0.2, 0) is 0 Å². The lowest BCUT2D eigenvalue weighted by atomic mass is 9.98. The summed E-state index contributed by atoms with van der Waals surface area (Å²) >= 11 is 6.44. The molecule has 112 valence electrons. The maximum Gasteiger partial charge on any atom is 0.162 e. The van der Waals surface area contributed by atoms with E-state index in [2.05, 4.69) is 5.32 Å². The van der Waals surface area contributed by atoms with E-state index in [1.165, 1.54) is 0 Å². The topological polar surface area (TPSA) is 43.6 Å². The van der Waals surface area contributed by atoms with Crippen molar-refractivity contribution in [3.05, 3.63) is 45.9 Å². The molecule has 4 nitrogen and oxygen atoms in total. The zero-order chi connectivity index (χ0) is 15.0. The summed E-state index contributed by atoms with van der Waals surface area (Å²) in [6, 6.07) is 5.74. The van der Waals surface area contributed by atoms with Crippen LogP contribution >= 0.6 is 11.6 Å². The third-order valence-electron chi connectivity index (χ3n) is 3.65. The highest BCUT2D eigenvalue weighted by atomic mass is 35.5. The quantitative estimate of drug-likeness (QED) is 0.940. The van der Waals surface area contributed by atoms with Crippen molar-refractivity contribution in [1.82, 2.24) is 5.32 Å². The van der Waals surface area contributed by atoms with E-state index in [1.807, 2.05) is 39.1 Å². The first-order chi connectivity index (χ1) is 10.1. The molecule has 1 aliphatic heterocycles. The van der Waals surface area contributed by atoms with Gasteiger partial charge in [-0.3, -0.25) is 0 Å². The van der Waals surface area contributed by atoms with Crippen molar-refractivity contribution in [3.63, 3.8) is 0 Å². The summed E-state index contributed by atoms with van der Waals surface area (Å²) in [5.74, 6) is 3.21. The lowest BCUT2D eigenvalue weighted by Crippen LogP contribution is -2.20. The molecule has 0 fully saturated rings. The number of aryl methyl sites for hydroxylation is 2. The monoisotopic (exact) mass is 307 g/mol. The van der Waals surface area contributed by atoms with E-state index in [0.29, 0.717) is 24.0 Å². The van der Waals surface area contributed by atoms with Gasteiger partial charge in [0, 0.05) is 16.7 Å². The lowest BCUT2D eigenvalue weighted by molar-refractivity contribution is 0.171. The average molecular weight is 308 g/mol. The van der Waals surface area contributed by atoms with Gasteiger partial charge in [0.05, 0.1) is 6.04 Å². The Bertz CT molecular complexity index is 666. The predicted molar refractivity (Wildman–Crippen MR) is 81.5 cm³/mol. The molecule has 1 unspecified atom stereocenters. The van der Waals surface area contributed by atoms with E-state index < -0.39 is 0 Å². The molecule has 2 aromatic rings. The van der Waals surface area contributed by atoms with E-state index >= 15 is 0 Å². The fourth-order valence-corrected chi connectivity index (χ4v) is 2.98. The number of furan rings is 1. The third-order valence-corrected chi connectivity index (χ3v) is 3.98. The normalized spacial score (nSPS) is 15.0. The molecule has 2 heterocycles. The lowest BCUT2D eigenvalue weighted by Gasteiger charge is -2.23. The number of rotatable bonds is 3. The van der Waals surface area contributed by atoms with Gasteiger partial charge < -0.3 is 19.2 Å². The minimum absolute atomic E-state index is 0.0502. The van der Waals surface area contributed by atoms with Gasteiger partial charge in [0.2, 0.25) is 0 Å². The minimum atomic E-state index is -0.0502. The second-order valence-electron chi connectivity index (χ2n) is 5.11. The second-order valence-corrected chi connectivity index (χ2v) is 5.51. The molecule has 0 bridgehead atoms. The Balaban J connectivity index is 2.06. The SMILES string of the molecule is CNC(c1cc2c(cc1Cl)OCCO2)c1cc(C)oc1C. The van der Waals surface area contributed by atoms with Gasteiger partial charge in [-0.25, -0.2) is 0 Å². The molecule has 5 heteroatoms. The van der Waals surface area contributed by atoms with Crippen molar-refractivity contribution in [1.29, 1.82) is 0 Å². The molecule has 0 spiro atoms. The van der Waals surface area contributed by atoms with E-state index in [1.54, 1.807) is 0 Å². The summed E-state index contributed by atoms with van der Waals surface area (Å²) in [6.07, 6.45) is 0. The number of hydrogen-bond acceptors (Lipinski definition) is 4. The molecule has 0 amide bonds. The fourth-order valence-electron chi connectivity index (χ4n) is 2.72. The molecule has 1 atom stereocenters. The summed E-state index contributed by atoms with van der Waals surface area (Å²) in [5, 5.41) is 3.95. The summed E-state index contributed by atoms with van der Waals surface area (Å²) < 4.78 is 16.8. The summed E-state index contributed by atoms with van der Waals surface area (Å²) in [7, 11) is 1.90. The van der Waals surface area contributed by atoms with Crippen LogP contribution in [0.4, 0.5) is 0 Å². The Labute approximate surface area is 129 Å². The summed E-state index contributed by atoms with van der Waals surface area (Å²) in [6.45, 7) is 5.01. The first kappa shape index (κ1) is 14.3. The zero-order valence-electron chi connectivity index (χ0n) is 12.3. The number of nitrogens with one attached hydrogen (secondary N) is 1. The smallest absolute Gasteiger partial charge is 0.162 e. The molecule has 1 N–H and O–H groups in total. The van der Waals surface area contributed by atoms with E-state index in [4.69, 9.17) is 25.5 Å². The van der Waals surface area contributed by atoms with Crippen molar-refractivity contribution in [3.8, 4) is 11.5 Å². The number of benzene rings is 1. The maximum absolute atomic E-state index is 6.44. The van der Waals surface area contributed by atoms with Gasteiger partial charge in [-0.1, -0.05) is 11.6 Å². The van der Waals surface area contributed by atoms with Crippen LogP contribution in [0.2, 0.25) is 5.02 Å². The van der Waals surface area contributed by atoms with Crippen LogP contribution in [0.25, 0.3) is 0 Å². The molecule has 1 aliphatic rings. The van der Waals surface area contributed by atoms with Crippen LogP contribution in [0.5, 0.6) is 11.5 Å². The zero-order valence-corrected chi connectivity index (χ0v) is 13.1. The van der Waals surface area contributed by atoms with Gasteiger partial charge >= 0.3 is 0 Å². The third kappa shape index (κ3) is 2.61. The largest absolute Gasteiger partial charge is 0.486 e. The predicted octanol–water partition coefficient (Wildman–Crippen LogP) is 3.63. The van der Waals surface area contributed by atoms with Gasteiger partial charge in [-0.15, -0.1) is 0 Å². The minimum Gasteiger partial charge on any atom is -0.486 e. The molecule has 3 rings (SSSR count). The van der Waals surface area contributed by atoms with Crippen LogP contribution in [-0.4, -0.2) is 20.3 Å². The van der Waals surface area contributed by atoms with Crippen LogP contribution in [0.3, 0.4) is 0 Å². The first-order valence-corrected chi connectivity index (χ1v) is 7.31. The maximum atomic E-state index is 6.44. The van der Waals surface area contributed by atoms with Gasteiger partial charge in [0.25, 0.3) is 0 Å². The second kappa shape index (κ2) is 5.62. The highest BCUT2D eigenvalue weighted by Crippen LogP contribution is 2.40. The first-order valence-electron chi connectivity index (χ1n) is 6.93. The molecule has 0 radical (unpaired) electrons. The van der Waals surface area contributed by atoms with Gasteiger partial charge in [-0.05, 0) is 38.6 Å². The number of hydrogen-bond donors (Lipinski definition) is 1. The van der Waals surface area contributed by atoms with Crippen molar-refractivity contribution >= 4 is 11.6 Å². The molecule has 0 aliphatic carbocycles. The van der Waals surface area contributed by atoms with Gasteiger partial charge in [-0.2, -0.15) is 0 Å². The van der Waals surface area contributed by atoms with Gasteiger partial charge in [0.15, 0.2) is 11.5 Å². The molecular formula is C16H18ClNO3. The van der Waals surface area contributed by atoms with E-state index in [0.717, 1.165) is 28.4 Å². The fraction of sp³-hybridized carbons (Fsp3) is 0.375. The molecular weight excluding hydrogens is 290 g/mol. The summed E-state index contributed by atoms with van der Waals surface area (Å²) in [5.41, 5.74) is 2.03. The molecule has 0 saturated heterocycles. The molecule has 1 aromatic carbocycles. The molecule has 21 heavy (non-hydrogen) atoms. The standard InChI is InChI=1S/C16H18ClNO3/c1-9-6-11(10(2)21-9)16(18-3)12-7-14-15(8-13(12)17)20-5-4-19-14/h6-8,16,18H,4-5H2,1-3H3. The highest BCUT2D eigenvalue weighted by Gasteiger charge is 2.23. The van der Waals surface area contributed by atoms with Crippen molar-refractivity contribution in [2.45, 2.75) is 19.9 Å². The van der Waals surface area contributed by atoms with Crippen LogP contribution in [0, 0.1) is 13.8 Å². The Morgan fingerprint density at radius 3 is 2.29 bits per heavy atom. The van der Waals surface area contributed by atoms with Crippen LogP contribution < -0.4 is 14.8 Å². The number of halogens is 1. The molecule has 1 aromatic heterocycles. The Kier molecular flexibility index (Phi) is 3.83. The van der Waals surface area contributed by atoms with Crippen LogP contribution in [0.1, 0.15) is 28.7 Å². The summed E-state index contributed by atoms with van der Waals surface area (Å²) in [4.78, 5) is 0. The van der Waals surface area contributed by atoms with E-state index in [9.17, 15) is 0 Å². The molecule has 0 saturated carbocycles. The Morgan fingerprint density at radius 2 is 1.71 bits per heavy atom. The van der Waals surface area contributed by atoms with Crippen molar-refractivity contribution in [2.24, 2.45) is 0 Å². The Morgan fingerprint density at radius 1 is 1.05 bits per heavy atom.